The van der Waals surface area contributed by atoms with Gasteiger partial charge >= 0.3 is 0 Å². The number of nitrogens with one attached hydrogen (secondary N) is 1. The van der Waals surface area contributed by atoms with E-state index in [0.29, 0.717) is 0 Å². The van der Waals surface area contributed by atoms with Crippen molar-refractivity contribution < 1.29 is 14.3 Å². The lowest BCUT2D eigenvalue weighted by Crippen LogP contribution is -2.39. The zero-order valence-corrected chi connectivity index (χ0v) is 17.0. The van der Waals surface area contributed by atoms with Crippen LogP contribution in [0.25, 0.3) is 10.9 Å². The number of methoxy groups -OCH3 is 1. The zero-order valence-electron chi connectivity index (χ0n) is 17.0. The quantitative estimate of drug-likeness (QED) is 0.659. The van der Waals surface area contributed by atoms with Gasteiger partial charge in [-0.25, -0.2) is 0 Å². The molecule has 30 heavy (non-hydrogen) atoms. The van der Waals surface area contributed by atoms with Crippen molar-refractivity contribution in [1.82, 2.24) is 4.57 Å². The largest absolute Gasteiger partial charge is 0.497 e. The van der Waals surface area contributed by atoms with E-state index in [9.17, 15) is 9.59 Å². The van der Waals surface area contributed by atoms with E-state index in [-0.39, 0.29) is 24.3 Å². The van der Waals surface area contributed by atoms with Gasteiger partial charge in [0.2, 0.25) is 11.8 Å². The van der Waals surface area contributed by atoms with Gasteiger partial charge in [-0.05, 0) is 49.2 Å². The number of fused-ring (bicyclic) bond motifs is 1. The lowest BCUT2D eigenvalue weighted by molar-refractivity contribution is -0.122. The molecule has 2 aromatic carbocycles. The third kappa shape index (κ3) is 4.10. The van der Waals surface area contributed by atoms with Crippen molar-refractivity contribution in [3.63, 3.8) is 0 Å². The first-order valence-corrected chi connectivity index (χ1v) is 10.1. The summed E-state index contributed by atoms with van der Waals surface area (Å²) in [5.74, 6) is 0.401. The van der Waals surface area contributed by atoms with Crippen molar-refractivity contribution in [2.45, 2.75) is 19.4 Å². The lowest BCUT2D eigenvalue weighted by atomic mass is 9.96. The van der Waals surface area contributed by atoms with Gasteiger partial charge < -0.3 is 25.3 Å². The van der Waals surface area contributed by atoms with Crippen LogP contribution in [0.3, 0.4) is 0 Å². The number of aromatic nitrogens is 1. The molecule has 0 aliphatic carbocycles. The first-order chi connectivity index (χ1) is 14.5. The molecule has 1 aliphatic rings. The highest BCUT2D eigenvalue weighted by Crippen LogP contribution is 2.30. The van der Waals surface area contributed by atoms with Gasteiger partial charge in [-0.1, -0.05) is 12.1 Å². The van der Waals surface area contributed by atoms with Gasteiger partial charge in [0, 0.05) is 36.1 Å². The van der Waals surface area contributed by atoms with Gasteiger partial charge in [0.1, 0.15) is 12.3 Å². The van der Waals surface area contributed by atoms with Crippen LogP contribution in [0, 0.1) is 5.92 Å². The molecule has 0 saturated carbocycles. The van der Waals surface area contributed by atoms with E-state index in [1.165, 1.54) is 0 Å². The highest BCUT2D eigenvalue weighted by Gasteiger charge is 2.24. The molecule has 2 amide bonds. The zero-order chi connectivity index (χ0) is 21.1. The molecule has 0 bridgehead atoms. The minimum Gasteiger partial charge on any atom is -0.497 e. The molecule has 1 aliphatic heterocycles. The minimum atomic E-state index is -0.229. The Bertz CT molecular complexity index is 1070. The molecule has 1 aromatic heterocycles. The van der Waals surface area contributed by atoms with E-state index in [1.807, 2.05) is 59.3 Å². The Morgan fingerprint density at radius 1 is 1.13 bits per heavy atom. The first kappa shape index (κ1) is 19.8. The van der Waals surface area contributed by atoms with E-state index in [1.54, 1.807) is 7.11 Å². The number of carbonyl (C=O) groups is 2. The normalized spacial score (nSPS) is 14.6. The number of ether oxygens (including phenoxy) is 1. The topological polar surface area (TPSA) is 89.6 Å². The summed E-state index contributed by atoms with van der Waals surface area (Å²) >= 11 is 0. The number of piperidine rings is 1. The van der Waals surface area contributed by atoms with Crippen LogP contribution < -0.4 is 20.7 Å². The molecule has 0 radical (unpaired) electrons. The Hall–Kier alpha value is -3.48. The highest BCUT2D eigenvalue weighted by molar-refractivity contribution is 5.95. The maximum Gasteiger partial charge on any atom is 0.244 e. The average Bonchev–Trinajstić information content (AvgIpc) is 3.16. The van der Waals surface area contributed by atoms with E-state index in [4.69, 9.17) is 10.5 Å². The maximum atomic E-state index is 12.8. The number of rotatable bonds is 6. The second kappa shape index (κ2) is 8.49. The molecule has 0 unspecified atom stereocenters. The fourth-order valence-electron chi connectivity index (χ4n) is 4.05. The second-order valence-corrected chi connectivity index (χ2v) is 7.60. The Balaban J connectivity index is 1.46. The maximum absolute atomic E-state index is 12.8. The van der Waals surface area contributed by atoms with Crippen molar-refractivity contribution in [1.29, 1.82) is 0 Å². The third-order valence-electron chi connectivity index (χ3n) is 5.71. The molecule has 3 N–H and O–H groups in total. The molecular formula is C23H26N4O3. The minimum absolute atomic E-state index is 0.0661. The van der Waals surface area contributed by atoms with Crippen LogP contribution in [0.2, 0.25) is 0 Å². The second-order valence-electron chi connectivity index (χ2n) is 7.60. The van der Waals surface area contributed by atoms with Crippen LogP contribution in [0.5, 0.6) is 5.75 Å². The third-order valence-corrected chi connectivity index (χ3v) is 5.71. The van der Waals surface area contributed by atoms with Crippen molar-refractivity contribution in [3.05, 3.63) is 54.7 Å². The summed E-state index contributed by atoms with van der Waals surface area (Å²) in [5.41, 5.74) is 8.17. The first-order valence-electron chi connectivity index (χ1n) is 10.1. The predicted octanol–water partition coefficient (Wildman–Crippen LogP) is 2.99. The van der Waals surface area contributed by atoms with Crippen LogP contribution >= 0.6 is 0 Å². The molecule has 1 fully saturated rings. The SMILES string of the molecule is COc1ccc2c(ccn2CC(=O)Nc2ccccc2N2CCC(C(N)=O)CC2)c1. The smallest absolute Gasteiger partial charge is 0.244 e. The Kier molecular flexibility index (Phi) is 5.61. The van der Waals surface area contributed by atoms with Crippen molar-refractivity contribution in [3.8, 4) is 5.75 Å². The Labute approximate surface area is 175 Å². The fraction of sp³-hybridized carbons (Fsp3) is 0.304. The van der Waals surface area contributed by atoms with Crippen molar-refractivity contribution in [2.75, 3.05) is 30.4 Å². The number of hydrogen-bond donors (Lipinski definition) is 2. The average molecular weight is 406 g/mol. The summed E-state index contributed by atoms with van der Waals surface area (Å²) in [6.07, 6.45) is 3.37. The number of primary amides is 1. The lowest BCUT2D eigenvalue weighted by Gasteiger charge is -2.33. The van der Waals surface area contributed by atoms with Crippen LogP contribution in [0.1, 0.15) is 12.8 Å². The van der Waals surface area contributed by atoms with Gasteiger partial charge in [0.05, 0.1) is 18.5 Å². The molecular weight excluding hydrogens is 380 g/mol. The van der Waals surface area contributed by atoms with Crippen LogP contribution in [-0.2, 0) is 16.1 Å². The Morgan fingerprint density at radius 3 is 2.63 bits per heavy atom. The summed E-state index contributed by atoms with van der Waals surface area (Å²) in [6, 6.07) is 15.5. The molecule has 0 atom stereocenters. The van der Waals surface area contributed by atoms with Gasteiger partial charge in [0.25, 0.3) is 0 Å². The number of hydrogen-bond acceptors (Lipinski definition) is 4. The number of anilines is 2. The molecule has 7 nitrogen and oxygen atoms in total. The van der Waals surface area contributed by atoms with Crippen LogP contribution in [0.4, 0.5) is 11.4 Å². The molecule has 4 rings (SSSR count). The standard InChI is InChI=1S/C23H26N4O3/c1-30-18-6-7-20-17(14-18)10-13-27(20)15-22(28)25-19-4-2-3-5-21(19)26-11-8-16(9-12-26)23(24)29/h2-7,10,13-14,16H,8-9,11-12,15H2,1H3,(H2,24,29)(H,25,28). The summed E-state index contributed by atoms with van der Waals surface area (Å²) in [5, 5.41) is 4.08. The Morgan fingerprint density at radius 2 is 1.90 bits per heavy atom. The summed E-state index contributed by atoms with van der Waals surface area (Å²) < 4.78 is 7.18. The van der Waals surface area contributed by atoms with E-state index in [2.05, 4.69) is 10.2 Å². The van der Waals surface area contributed by atoms with Gasteiger partial charge in [-0.2, -0.15) is 0 Å². The number of carbonyl (C=O) groups excluding carboxylic acids is 2. The molecule has 1 saturated heterocycles. The molecule has 3 aromatic rings. The number of para-hydroxylation sites is 2. The van der Waals surface area contributed by atoms with E-state index >= 15 is 0 Å². The summed E-state index contributed by atoms with van der Waals surface area (Å²) in [7, 11) is 1.64. The number of benzene rings is 2. The number of nitrogens with zero attached hydrogens (tertiary/aromatic N) is 2. The summed E-state index contributed by atoms with van der Waals surface area (Å²) in [6.45, 7) is 1.70. The predicted molar refractivity (Wildman–Crippen MR) is 118 cm³/mol. The molecule has 7 heteroatoms. The fourth-order valence-corrected chi connectivity index (χ4v) is 4.05. The van der Waals surface area contributed by atoms with Crippen LogP contribution in [0.15, 0.2) is 54.7 Å². The molecule has 0 spiro atoms. The van der Waals surface area contributed by atoms with Crippen molar-refractivity contribution in [2.24, 2.45) is 11.7 Å². The number of amides is 2. The van der Waals surface area contributed by atoms with Crippen molar-refractivity contribution >= 4 is 34.1 Å². The molecule has 2 heterocycles. The number of nitrogens with two attached hydrogens (primary N) is 1. The van der Waals surface area contributed by atoms with Gasteiger partial charge in [0.15, 0.2) is 0 Å². The van der Waals surface area contributed by atoms with Crippen LogP contribution in [-0.4, -0.2) is 36.6 Å². The highest BCUT2D eigenvalue weighted by atomic mass is 16.5. The van der Waals surface area contributed by atoms with E-state index < -0.39 is 0 Å². The van der Waals surface area contributed by atoms with Gasteiger partial charge in [-0.3, -0.25) is 9.59 Å². The van der Waals surface area contributed by atoms with E-state index in [0.717, 1.165) is 54.0 Å². The monoisotopic (exact) mass is 406 g/mol. The molecule has 156 valence electrons. The summed E-state index contributed by atoms with van der Waals surface area (Å²) in [4.78, 5) is 26.4. The van der Waals surface area contributed by atoms with Gasteiger partial charge in [-0.15, -0.1) is 0 Å².